The summed E-state index contributed by atoms with van der Waals surface area (Å²) < 4.78 is 13.5. The molecule has 9 nitrogen and oxygen atoms in total. The van der Waals surface area contributed by atoms with Crippen LogP contribution in [0.1, 0.15) is 11.4 Å². The van der Waals surface area contributed by atoms with Crippen molar-refractivity contribution in [3.63, 3.8) is 0 Å². The number of aromatic nitrogens is 3. The first kappa shape index (κ1) is 23.2. The largest absolute Gasteiger partial charge is 0.485 e. The average Bonchev–Trinajstić information content (AvgIpc) is 3.26. The molecule has 0 radical (unpaired) electrons. The normalized spacial score (nSPS) is 17.4. The monoisotopic (exact) mass is 493 g/mol. The summed E-state index contributed by atoms with van der Waals surface area (Å²) in [6, 6.07) is 15.4. The number of piperazine rings is 1. The van der Waals surface area contributed by atoms with Crippen molar-refractivity contribution in [1.82, 2.24) is 24.6 Å². The maximum Gasteiger partial charge on any atom is 0.267 e. The van der Waals surface area contributed by atoms with Crippen LogP contribution in [0, 0.1) is 13.8 Å². The molecule has 1 atom stereocenters. The van der Waals surface area contributed by atoms with Gasteiger partial charge in [-0.25, -0.2) is 0 Å². The molecule has 0 spiro atoms. The maximum absolute atomic E-state index is 12.9. The SMILES string of the molecule is Cc1cccc(-n2c(C)nnc2SCC(=O)N2CCN(C(=O)[C@@H]3COc4ccccc4O3)CC2)c1. The summed E-state index contributed by atoms with van der Waals surface area (Å²) in [5, 5.41) is 9.16. The molecule has 1 aromatic heterocycles. The summed E-state index contributed by atoms with van der Waals surface area (Å²) in [7, 11) is 0. The topological polar surface area (TPSA) is 89.8 Å². The summed E-state index contributed by atoms with van der Waals surface area (Å²) in [4.78, 5) is 29.4. The fraction of sp³-hybridized carbons (Fsp3) is 0.360. The van der Waals surface area contributed by atoms with Crippen molar-refractivity contribution in [2.45, 2.75) is 25.1 Å². The Morgan fingerprint density at radius 2 is 1.71 bits per heavy atom. The minimum Gasteiger partial charge on any atom is -0.485 e. The van der Waals surface area contributed by atoms with Crippen molar-refractivity contribution in [1.29, 1.82) is 0 Å². The van der Waals surface area contributed by atoms with Crippen LogP contribution in [-0.2, 0) is 9.59 Å². The van der Waals surface area contributed by atoms with Gasteiger partial charge in [-0.3, -0.25) is 14.2 Å². The smallest absolute Gasteiger partial charge is 0.267 e. The Kier molecular flexibility index (Phi) is 6.63. The van der Waals surface area contributed by atoms with Gasteiger partial charge in [-0.05, 0) is 43.7 Å². The second kappa shape index (κ2) is 9.99. The van der Waals surface area contributed by atoms with Gasteiger partial charge in [-0.2, -0.15) is 0 Å². The van der Waals surface area contributed by atoms with Gasteiger partial charge in [0, 0.05) is 31.9 Å². The molecule has 0 saturated carbocycles. The van der Waals surface area contributed by atoms with Crippen LogP contribution in [0.25, 0.3) is 5.69 Å². The van der Waals surface area contributed by atoms with Gasteiger partial charge in [-0.15, -0.1) is 10.2 Å². The van der Waals surface area contributed by atoms with E-state index in [1.807, 2.05) is 54.8 Å². The van der Waals surface area contributed by atoms with E-state index in [-0.39, 0.29) is 24.2 Å². The van der Waals surface area contributed by atoms with Gasteiger partial charge in [0.2, 0.25) is 12.0 Å². The van der Waals surface area contributed by atoms with Gasteiger partial charge in [0.25, 0.3) is 5.91 Å². The van der Waals surface area contributed by atoms with E-state index in [1.165, 1.54) is 11.8 Å². The van der Waals surface area contributed by atoms with Crippen molar-refractivity contribution in [2.24, 2.45) is 0 Å². The molecule has 182 valence electrons. The van der Waals surface area contributed by atoms with E-state index in [2.05, 4.69) is 16.3 Å². The molecule has 0 aliphatic carbocycles. The number of ether oxygens (including phenoxy) is 2. The number of nitrogens with zero attached hydrogens (tertiary/aromatic N) is 5. The number of para-hydroxylation sites is 2. The van der Waals surface area contributed by atoms with E-state index in [4.69, 9.17) is 9.47 Å². The van der Waals surface area contributed by atoms with E-state index < -0.39 is 6.10 Å². The van der Waals surface area contributed by atoms with Crippen molar-refractivity contribution in [3.8, 4) is 17.2 Å². The Balaban J connectivity index is 1.14. The minimum absolute atomic E-state index is 0.0183. The Morgan fingerprint density at radius 3 is 2.49 bits per heavy atom. The first-order valence-electron chi connectivity index (χ1n) is 11.6. The summed E-state index contributed by atoms with van der Waals surface area (Å²) in [5.41, 5.74) is 2.12. The minimum atomic E-state index is -0.668. The lowest BCUT2D eigenvalue weighted by atomic mass is 10.2. The molecule has 3 heterocycles. The van der Waals surface area contributed by atoms with Gasteiger partial charge in [-0.1, -0.05) is 36.0 Å². The highest BCUT2D eigenvalue weighted by molar-refractivity contribution is 7.99. The third-order valence-corrected chi connectivity index (χ3v) is 7.02. The predicted octanol–water partition coefficient (Wildman–Crippen LogP) is 2.49. The van der Waals surface area contributed by atoms with Crippen molar-refractivity contribution >= 4 is 23.6 Å². The second-order valence-corrected chi connectivity index (χ2v) is 9.51. The fourth-order valence-corrected chi connectivity index (χ4v) is 5.14. The van der Waals surface area contributed by atoms with Crippen LogP contribution in [-0.4, -0.2) is 81.0 Å². The molecular weight excluding hydrogens is 466 g/mol. The Bertz CT molecular complexity index is 1240. The van der Waals surface area contributed by atoms with Crippen LogP contribution in [0.3, 0.4) is 0 Å². The summed E-state index contributed by atoms with van der Waals surface area (Å²) in [6.45, 7) is 6.03. The molecule has 35 heavy (non-hydrogen) atoms. The molecule has 1 fully saturated rings. The number of hydrogen-bond acceptors (Lipinski definition) is 7. The number of rotatable bonds is 5. The Hall–Kier alpha value is -3.53. The van der Waals surface area contributed by atoms with Crippen LogP contribution in [0.2, 0.25) is 0 Å². The summed E-state index contributed by atoms with van der Waals surface area (Å²) >= 11 is 1.37. The van der Waals surface area contributed by atoms with E-state index in [9.17, 15) is 9.59 Å². The average molecular weight is 494 g/mol. The molecule has 0 N–H and O–H groups in total. The summed E-state index contributed by atoms with van der Waals surface area (Å²) in [5.74, 6) is 2.17. The molecule has 0 unspecified atom stereocenters. The first-order chi connectivity index (χ1) is 17.0. The van der Waals surface area contributed by atoms with E-state index in [0.29, 0.717) is 42.8 Å². The quantitative estimate of drug-likeness (QED) is 0.505. The first-order valence-corrected chi connectivity index (χ1v) is 12.5. The predicted molar refractivity (Wildman–Crippen MR) is 131 cm³/mol. The van der Waals surface area contributed by atoms with Crippen molar-refractivity contribution in [3.05, 3.63) is 59.9 Å². The van der Waals surface area contributed by atoms with Crippen LogP contribution >= 0.6 is 11.8 Å². The molecule has 2 amide bonds. The van der Waals surface area contributed by atoms with Gasteiger partial charge in [0.15, 0.2) is 16.7 Å². The lowest BCUT2D eigenvalue weighted by Gasteiger charge is -2.37. The zero-order valence-electron chi connectivity index (χ0n) is 19.7. The molecule has 2 aliphatic rings. The standard InChI is InChI=1S/C25H27N5O4S/c1-17-6-5-7-19(14-17)30-18(2)26-27-25(30)35-16-23(31)28-10-12-29(13-11-28)24(32)22-15-33-20-8-3-4-9-21(20)34-22/h3-9,14,22H,10-13,15-16H2,1-2H3/t22-/m0/s1. The number of carbonyl (C=O) groups excluding carboxylic acids is 2. The zero-order chi connectivity index (χ0) is 24.4. The lowest BCUT2D eigenvalue weighted by Crippen LogP contribution is -2.55. The molecule has 1 saturated heterocycles. The van der Waals surface area contributed by atoms with Gasteiger partial charge in [0.05, 0.1) is 5.75 Å². The Labute approximate surface area is 208 Å². The van der Waals surface area contributed by atoms with Gasteiger partial charge in [0.1, 0.15) is 12.4 Å². The summed E-state index contributed by atoms with van der Waals surface area (Å²) in [6.07, 6.45) is -0.668. The fourth-order valence-electron chi connectivity index (χ4n) is 4.24. The molecule has 0 bridgehead atoms. The number of carbonyl (C=O) groups is 2. The molecular formula is C25H27N5O4S. The number of amides is 2. The number of benzene rings is 2. The highest BCUT2D eigenvalue weighted by Gasteiger charge is 2.33. The lowest BCUT2D eigenvalue weighted by molar-refractivity contribution is -0.145. The van der Waals surface area contributed by atoms with Crippen molar-refractivity contribution in [2.75, 3.05) is 38.5 Å². The molecule has 2 aromatic carbocycles. The maximum atomic E-state index is 12.9. The number of fused-ring (bicyclic) bond motifs is 1. The molecule has 10 heteroatoms. The van der Waals surface area contributed by atoms with Crippen LogP contribution in [0.5, 0.6) is 11.5 Å². The van der Waals surface area contributed by atoms with E-state index in [0.717, 1.165) is 17.1 Å². The second-order valence-electron chi connectivity index (χ2n) is 8.56. The zero-order valence-corrected chi connectivity index (χ0v) is 20.5. The van der Waals surface area contributed by atoms with Crippen LogP contribution < -0.4 is 9.47 Å². The van der Waals surface area contributed by atoms with Crippen molar-refractivity contribution < 1.29 is 19.1 Å². The highest BCUT2D eigenvalue weighted by atomic mass is 32.2. The van der Waals surface area contributed by atoms with E-state index >= 15 is 0 Å². The Morgan fingerprint density at radius 1 is 0.971 bits per heavy atom. The molecule has 3 aromatic rings. The third kappa shape index (κ3) is 4.97. The van der Waals surface area contributed by atoms with E-state index in [1.54, 1.807) is 15.9 Å². The molecule has 5 rings (SSSR count). The molecule has 2 aliphatic heterocycles. The number of aryl methyl sites for hydroxylation is 2. The highest BCUT2D eigenvalue weighted by Crippen LogP contribution is 2.31. The van der Waals surface area contributed by atoms with Crippen LogP contribution in [0.15, 0.2) is 53.7 Å². The van der Waals surface area contributed by atoms with Crippen LogP contribution in [0.4, 0.5) is 0 Å². The number of thioether (sulfide) groups is 1. The van der Waals surface area contributed by atoms with Gasteiger partial charge < -0.3 is 19.3 Å². The number of hydrogen-bond donors (Lipinski definition) is 0. The third-order valence-electron chi connectivity index (χ3n) is 6.11. The van der Waals surface area contributed by atoms with Gasteiger partial charge >= 0.3 is 0 Å².